The van der Waals surface area contributed by atoms with E-state index in [1.165, 1.54) is 17.7 Å². The average Bonchev–Trinajstić information content (AvgIpc) is 3.60. The van der Waals surface area contributed by atoms with Crippen LogP contribution < -0.4 is 0 Å². The molecule has 2 aromatic heterocycles. The number of carbonyl (C=O) groups excluding carboxylic acids is 2. The monoisotopic (exact) mass is 598 g/mol. The molecule has 0 atom stereocenters. The molecule has 2 rings (SSSR count). The summed E-state index contributed by atoms with van der Waals surface area (Å²) >= 11 is 0. The fourth-order valence-electron chi connectivity index (χ4n) is 2.61. The Morgan fingerprint density at radius 2 is 1.14 bits per heavy atom. The Kier molecular flexibility index (Phi) is 22.9. The van der Waals surface area contributed by atoms with Crippen LogP contribution in [0, 0.1) is 0 Å². The Morgan fingerprint density at radius 1 is 0.714 bits per heavy atom. The summed E-state index contributed by atoms with van der Waals surface area (Å²) in [5.74, 6) is 0. The van der Waals surface area contributed by atoms with Crippen LogP contribution in [0.2, 0.25) is 0 Å². The molecule has 0 aliphatic carbocycles. The van der Waals surface area contributed by atoms with Gasteiger partial charge in [-0.25, -0.2) is 19.6 Å². The quantitative estimate of drug-likeness (QED) is 0.388. The van der Waals surface area contributed by atoms with Crippen molar-refractivity contribution in [2.24, 2.45) is 0 Å². The lowest BCUT2D eigenvalue weighted by atomic mass is 10.2. The van der Waals surface area contributed by atoms with Crippen LogP contribution >= 0.6 is 0 Å². The molecule has 0 aliphatic rings. The van der Waals surface area contributed by atoms with Crippen molar-refractivity contribution in [2.45, 2.75) is 105 Å². The smallest absolute Gasteiger partial charge is 0.410 e. The minimum Gasteiger partial charge on any atom is -0.444 e. The lowest BCUT2D eigenvalue weighted by Crippen LogP contribution is -2.35. The second kappa shape index (κ2) is 23.4. The Morgan fingerprint density at radius 3 is 1.45 bits per heavy atom. The third-order valence-electron chi connectivity index (χ3n) is 4.94. The van der Waals surface area contributed by atoms with Gasteiger partial charge in [0.15, 0.2) is 0 Å². The van der Waals surface area contributed by atoms with Gasteiger partial charge in [-0.05, 0) is 54.4 Å². The van der Waals surface area contributed by atoms with Crippen LogP contribution in [0.4, 0.5) is 9.59 Å². The second-order valence-electron chi connectivity index (χ2n) is 11.6. The number of amides is 2. The number of likely N-dealkylation sites (N-methyl/N-ethyl adjacent to an activating group) is 2. The molecule has 42 heavy (non-hydrogen) atoms. The van der Waals surface area contributed by atoms with Gasteiger partial charge in [-0.15, -0.1) is 0 Å². The maximum Gasteiger partial charge on any atom is 0.410 e. The number of rotatable bonds is 10. The summed E-state index contributed by atoms with van der Waals surface area (Å²) in [6.07, 6.45) is 14.8. The molecule has 2 heterocycles. The maximum absolute atomic E-state index is 11.6. The van der Waals surface area contributed by atoms with Crippen molar-refractivity contribution in [3.05, 3.63) is 37.4 Å². The van der Waals surface area contributed by atoms with Crippen LogP contribution in [0.1, 0.15) is 81.1 Å². The second-order valence-corrected chi connectivity index (χ2v) is 11.6. The Hall–Kier alpha value is -3.12. The van der Waals surface area contributed by atoms with Gasteiger partial charge in [0.05, 0.1) is 19.3 Å². The van der Waals surface area contributed by atoms with Crippen LogP contribution in [0.3, 0.4) is 0 Å². The molecule has 0 aliphatic heterocycles. The van der Waals surface area contributed by atoms with Crippen molar-refractivity contribution < 1.29 is 29.3 Å². The van der Waals surface area contributed by atoms with E-state index in [2.05, 4.69) is 28.4 Å². The largest absolute Gasteiger partial charge is 0.444 e. The molecule has 0 saturated carbocycles. The van der Waals surface area contributed by atoms with Gasteiger partial charge >= 0.3 is 12.2 Å². The first kappa shape index (κ1) is 41.0. The topological polar surface area (TPSA) is 135 Å². The molecule has 244 valence electrons. The van der Waals surface area contributed by atoms with Crippen molar-refractivity contribution >= 4 is 12.2 Å². The summed E-state index contributed by atoms with van der Waals surface area (Å²) in [5.41, 5.74) is -0.916. The average molecular weight is 599 g/mol. The first-order chi connectivity index (χ1) is 19.6. The fraction of sp³-hybridized carbons (Fsp3) is 0.733. The molecular weight excluding hydrogens is 540 g/mol. The summed E-state index contributed by atoms with van der Waals surface area (Å²) in [4.78, 5) is 33.5. The standard InChI is InChI=1S/C11H19N3O2.C8H17NO3.C7H12N2.C4H10O/c1-11(2,3)16-10(15)13(4)7-8-14-6-5-12-9-14;1-8(2,3)12-7(11)9(4)5-6-10;1-2-3-5-9-6-4-8-7-9;1-2-3-4-5/h5-6,9H,7-8H2,1-4H3;10H,5-6H2,1-4H3;4,6-7H,2-3,5H2,1H3;5H,2-4H2,1H3. The molecule has 0 aromatic carbocycles. The maximum atomic E-state index is 11.6. The summed E-state index contributed by atoms with van der Waals surface area (Å²) in [5, 5.41) is 16.6. The third-order valence-corrected chi connectivity index (χ3v) is 4.94. The fourth-order valence-corrected chi connectivity index (χ4v) is 2.61. The van der Waals surface area contributed by atoms with Crippen LogP contribution in [-0.4, -0.2) is 103 Å². The van der Waals surface area contributed by atoms with Gasteiger partial charge in [-0.1, -0.05) is 26.7 Å². The lowest BCUT2D eigenvalue weighted by Gasteiger charge is -2.24. The van der Waals surface area contributed by atoms with Gasteiger partial charge in [-0.2, -0.15) is 0 Å². The number of aliphatic hydroxyl groups is 2. The molecular formula is C30H58N6O6. The van der Waals surface area contributed by atoms with Crippen molar-refractivity contribution in [2.75, 3.05) is 40.4 Å². The summed E-state index contributed by atoms with van der Waals surface area (Å²) < 4.78 is 14.3. The molecule has 12 heteroatoms. The number of carbonyl (C=O) groups is 2. The van der Waals surface area contributed by atoms with Gasteiger partial charge in [0.1, 0.15) is 11.2 Å². The SMILES string of the molecule is CCCCO.CCCCn1ccnc1.CN(CCO)C(=O)OC(C)(C)C.CN(CCn1ccnc1)C(=O)OC(C)(C)C. The number of nitrogens with zero attached hydrogens (tertiary/aromatic N) is 6. The summed E-state index contributed by atoms with van der Waals surface area (Å²) in [6.45, 7) is 18.2. The van der Waals surface area contributed by atoms with E-state index < -0.39 is 17.3 Å². The molecule has 0 saturated heterocycles. The van der Waals surface area contributed by atoms with Crippen molar-refractivity contribution in [3.63, 3.8) is 0 Å². The third kappa shape index (κ3) is 25.8. The number of ether oxygens (including phenoxy) is 2. The van der Waals surface area contributed by atoms with Crippen LogP contribution in [0.15, 0.2) is 37.4 Å². The molecule has 0 spiro atoms. The van der Waals surface area contributed by atoms with E-state index in [9.17, 15) is 9.59 Å². The number of aliphatic hydroxyl groups excluding tert-OH is 2. The number of imidazole rings is 2. The number of hydrogen-bond acceptors (Lipinski definition) is 8. The predicted molar refractivity (Wildman–Crippen MR) is 166 cm³/mol. The van der Waals surface area contributed by atoms with Gasteiger partial charge < -0.3 is 38.6 Å². The molecule has 2 amide bonds. The Labute approximate surface area is 253 Å². The molecule has 0 radical (unpaired) electrons. The summed E-state index contributed by atoms with van der Waals surface area (Å²) in [6, 6.07) is 0. The predicted octanol–water partition coefficient (Wildman–Crippen LogP) is 5.06. The molecule has 0 fully saturated rings. The van der Waals surface area contributed by atoms with Crippen molar-refractivity contribution in [3.8, 4) is 0 Å². The highest BCUT2D eigenvalue weighted by molar-refractivity contribution is 5.68. The van der Waals surface area contributed by atoms with E-state index in [0.29, 0.717) is 19.7 Å². The number of aryl methyl sites for hydroxylation is 1. The highest BCUT2D eigenvalue weighted by atomic mass is 16.6. The zero-order chi connectivity index (χ0) is 32.6. The number of hydrogen-bond donors (Lipinski definition) is 2. The van der Waals surface area contributed by atoms with Crippen molar-refractivity contribution in [1.29, 1.82) is 0 Å². The van der Waals surface area contributed by atoms with Crippen LogP contribution in [0.25, 0.3) is 0 Å². The van der Waals surface area contributed by atoms with Gasteiger partial charge in [0.2, 0.25) is 0 Å². The van der Waals surface area contributed by atoms with E-state index in [0.717, 1.165) is 25.9 Å². The number of aromatic nitrogens is 4. The highest BCUT2D eigenvalue weighted by Crippen LogP contribution is 2.09. The molecule has 2 N–H and O–H groups in total. The lowest BCUT2D eigenvalue weighted by molar-refractivity contribution is 0.0268. The Balaban J connectivity index is 0. The molecule has 2 aromatic rings. The van der Waals surface area contributed by atoms with E-state index in [1.54, 1.807) is 52.3 Å². The molecule has 0 unspecified atom stereocenters. The van der Waals surface area contributed by atoms with E-state index in [-0.39, 0.29) is 12.7 Å². The Bertz CT molecular complexity index is 891. The number of unbranched alkanes of at least 4 members (excludes halogenated alkanes) is 2. The van der Waals surface area contributed by atoms with E-state index >= 15 is 0 Å². The molecule has 0 bridgehead atoms. The van der Waals surface area contributed by atoms with Gasteiger partial charge in [0.25, 0.3) is 0 Å². The van der Waals surface area contributed by atoms with E-state index in [1.807, 2.05) is 50.3 Å². The van der Waals surface area contributed by atoms with Gasteiger partial charge in [-0.3, -0.25) is 0 Å². The first-order valence-corrected chi connectivity index (χ1v) is 14.6. The highest BCUT2D eigenvalue weighted by Gasteiger charge is 2.19. The van der Waals surface area contributed by atoms with Crippen LogP contribution in [0.5, 0.6) is 0 Å². The van der Waals surface area contributed by atoms with Crippen molar-refractivity contribution in [1.82, 2.24) is 28.9 Å². The zero-order valence-electron chi connectivity index (χ0n) is 27.7. The summed E-state index contributed by atoms with van der Waals surface area (Å²) in [7, 11) is 3.31. The minimum absolute atomic E-state index is 0.0459. The van der Waals surface area contributed by atoms with Crippen LogP contribution in [-0.2, 0) is 22.6 Å². The zero-order valence-corrected chi connectivity index (χ0v) is 27.7. The minimum atomic E-state index is -0.471. The first-order valence-electron chi connectivity index (χ1n) is 14.6. The molecule has 12 nitrogen and oxygen atoms in total. The van der Waals surface area contributed by atoms with E-state index in [4.69, 9.17) is 19.7 Å². The normalized spacial score (nSPS) is 10.6. The van der Waals surface area contributed by atoms with Gasteiger partial charge in [0, 0.05) is 71.7 Å².